The Bertz CT molecular complexity index is 715. The molecular weight excluding hydrogens is 290 g/mol. The third-order valence-electron chi connectivity index (χ3n) is 4.07. The number of amides is 2. The summed E-state index contributed by atoms with van der Waals surface area (Å²) < 4.78 is 0. The number of carbonyl (C=O) groups excluding carboxylic acids is 2. The average Bonchev–Trinajstić information content (AvgIpc) is 2.61. The van der Waals surface area contributed by atoms with Crippen molar-refractivity contribution in [1.29, 1.82) is 0 Å². The summed E-state index contributed by atoms with van der Waals surface area (Å²) in [5, 5.41) is 2.83. The fraction of sp³-hybridized carbons (Fsp3) is 0.278. The summed E-state index contributed by atoms with van der Waals surface area (Å²) >= 11 is 0. The second kappa shape index (κ2) is 6.60. The van der Waals surface area contributed by atoms with Gasteiger partial charge in [-0.3, -0.25) is 14.6 Å². The Kier molecular flexibility index (Phi) is 4.37. The van der Waals surface area contributed by atoms with Gasteiger partial charge in [0, 0.05) is 31.9 Å². The fourth-order valence-corrected chi connectivity index (χ4v) is 2.92. The number of carbonyl (C=O) groups is 2. The zero-order valence-electron chi connectivity index (χ0n) is 13.0. The molecule has 0 unspecified atom stereocenters. The van der Waals surface area contributed by atoms with Gasteiger partial charge in [-0.25, -0.2) is 0 Å². The molecule has 0 saturated heterocycles. The lowest BCUT2D eigenvalue weighted by molar-refractivity contribution is -0.126. The third-order valence-corrected chi connectivity index (χ3v) is 4.07. The highest BCUT2D eigenvalue weighted by Gasteiger charge is 2.34. The van der Waals surface area contributed by atoms with E-state index in [2.05, 4.69) is 10.3 Å². The second-order valence-corrected chi connectivity index (χ2v) is 5.56. The van der Waals surface area contributed by atoms with Crippen LogP contribution in [-0.4, -0.2) is 34.3 Å². The number of benzene rings is 1. The van der Waals surface area contributed by atoms with E-state index >= 15 is 0 Å². The smallest absolute Gasteiger partial charge is 0.256 e. The number of likely N-dealkylation sites (N-methyl/N-ethyl adjacent to an activating group) is 1. The SMILES string of the molecule is CCNC(=O)[C@H]1Cc2ccccc2CN1C(=O)c1cccnc1. The first kappa shape index (κ1) is 15.2. The van der Waals surface area contributed by atoms with Crippen LogP contribution in [0, 0.1) is 0 Å². The van der Waals surface area contributed by atoms with Crippen molar-refractivity contribution in [3.05, 3.63) is 65.5 Å². The average molecular weight is 309 g/mol. The lowest BCUT2D eigenvalue weighted by Crippen LogP contribution is -2.52. The molecule has 0 radical (unpaired) electrons. The fourth-order valence-electron chi connectivity index (χ4n) is 2.92. The van der Waals surface area contributed by atoms with Crippen molar-refractivity contribution >= 4 is 11.8 Å². The van der Waals surface area contributed by atoms with Gasteiger partial charge >= 0.3 is 0 Å². The van der Waals surface area contributed by atoms with Gasteiger partial charge in [0.2, 0.25) is 5.91 Å². The molecule has 1 aliphatic heterocycles. The highest BCUT2D eigenvalue weighted by molar-refractivity contribution is 5.97. The Morgan fingerprint density at radius 1 is 1.22 bits per heavy atom. The first-order valence-electron chi connectivity index (χ1n) is 7.76. The highest BCUT2D eigenvalue weighted by atomic mass is 16.2. The van der Waals surface area contributed by atoms with Gasteiger partial charge in [0.1, 0.15) is 6.04 Å². The molecule has 1 aliphatic rings. The summed E-state index contributed by atoms with van der Waals surface area (Å²) in [5.74, 6) is -0.275. The second-order valence-electron chi connectivity index (χ2n) is 5.56. The van der Waals surface area contributed by atoms with Crippen molar-refractivity contribution < 1.29 is 9.59 Å². The Labute approximate surface area is 135 Å². The van der Waals surface area contributed by atoms with E-state index < -0.39 is 6.04 Å². The van der Waals surface area contributed by atoms with Gasteiger partial charge in [-0.15, -0.1) is 0 Å². The van der Waals surface area contributed by atoms with Gasteiger partial charge in [0.05, 0.1) is 5.56 Å². The topological polar surface area (TPSA) is 62.3 Å². The van der Waals surface area contributed by atoms with Gasteiger partial charge in [0.25, 0.3) is 5.91 Å². The minimum Gasteiger partial charge on any atom is -0.355 e. The summed E-state index contributed by atoms with van der Waals surface area (Å²) in [6.07, 6.45) is 3.70. The summed E-state index contributed by atoms with van der Waals surface area (Å²) in [7, 11) is 0. The Morgan fingerprint density at radius 2 is 2.00 bits per heavy atom. The van der Waals surface area contributed by atoms with E-state index in [1.54, 1.807) is 23.2 Å². The van der Waals surface area contributed by atoms with Gasteiger partial charge < -0.3 is 10.2 Å². The molecule has 1 aromatic heterocycles. The molecule has 0 bridgehead atoms. The molecule has 118 valence electrons. The molecule has 0 spiro atoms. The number of pyridine rings is 1. The Balaban J connectivity index is 1.94. The van der Waals surface area contributed by atoms with E-state index in [9.17, 15) is 9.59 Å². The highest BCUT2D eigenvalue weighted by Crippen LogP contribution is 2.25. The summed E-state index contributed by atoms with van der Waals surface area (Å²) in [6.45, 7) is 2.86. The summed E-state index contributed by atoms with van der Waals surface area (Å²) in [5.41, 5.74) is 2.71. The third kappa shape index (κ3) is 3.08. The van der Waals surface area contributed by atoms with Crippen LogP contribution in [0.5, 0.6) is 0 Å². The minimum atomic E-state index is -0.488. The summed E-state index contributed by atoms with van der Waals surface area (Å²) in [6, 6.07) is 10.9. The molecule has 1 atom stereocenters. The van der Waals surface area contributed by atoms with E-state index in [-0.39, 0.29) is 11.8 Å². The predicted octanol–water partition coefficient (Wildman–Crippen LogP) is 1.78. The van der Waals surface area contributed by atoms with Crippen molar-refractivity contribution in [2.75, 3.05) is 6.54 Å². The van der Waals surface area contributed by atoms with E-state index in [1.165, 1.54) is 6.20 Å². The number of fused-ring (bicyclic) bond motifs is 1. The summed E-state index contributed by atoms with van der Waals surface area (Å²) in [4.78, 5) is 30.9. The van der Waals surface area contributed by atoms with Crippen LogP contribution in [0.1, 0.15) is 28.4 Å². The van der Waals surface area contributed by atoms with Gasteiger partial charge in [-0.2, -0.15) is 0 Å². The van der Waals surface area contributed by atoms with Crippen LogP contribution in [0.3, 0.4) is 0 Å². The quantitative estimate of drug-likeness (QED) is 0.940. The molecule has 2 amide bonds. The van der Waals surface area contributed by atoms with Crippen LogP contribution in [0.25, 0.3) is 0 Å². The van der Waals surface area contributed by atoms with Crippen LogP contribution in [0.4, 0.5) is 0 Å². The van der Waals surface area contributed by atoms with Gasteiger partial charge in [-0.05, 0) is 30.2 Å². The van der Waals surface area contributed by atoms with Crippen LogP contribution in [0.15, 0.2) is 48.8 Å². The first-order valence-corrected chi connectivity index (χ1v) is 7.76. The van der Waals surface area contributed by atoms with Crippen LogP contribution >= 0.6 is 0 Å². The molecule has 0 saturated carbocycles. The maximum absolute atomic E-state index is 12.8. The first-order chi connectivity index (χ1) is 11.2. The monoisotopic (exact) mass is 309 g/mol. The molecule has 23 heavy (non-hydrogen) atoms. The standard InChI is InChI=1S/C18H19N3O2/c1-2-20-17(22)16-10-13-6-3-4-7-15(13)12-21(16)18(23)14-8-5-9-19-11-14/h3-9,11,16H,2,10,12H2,1H3,(H,20,22)/t16-/m1/s1. The normalized spacial score (nSPS) is 16.6. The molecule has 2 heterocycles. The molecule has 1 N–H and O–H groups in total. The number of nitrogens with zero attached hydrogens (tertiary/aromatic N) is 2. The zero-order valence-corrected chi connectivity index (χ0v) is 13.0. The zero-order chi connectivity index (χ0) is 16.2. The maximum Gasteiger partial charge on any atom is 0.256 e. The van der Waals surface area contributed by atoms with E-state index in [4.69, 9.17) is 0 Å². The molecule has 2 aromatic rings. The van der Waals surface area contributed by atoms with Gasteiger partial charge in [0.15, 0.2) is 0 Å². The molecular formula is C18H19N3O2. The van der Waals surface area contributed by atoms with Crippen molar-refractivity contribution in [3.63, 3.8) is 0 Å². The predicted molar refractivity (Wildman–Crippen MR) is 86.7 cm³/mol. The molecule has 0 fully saturated rings. The number of rotatable bonds is 3. The van der Waals surface area contributed by atoms with Crippen molar-refractivity contribution in [2.24, 2.45) is 0 Å². The van der Waals surface area contributed by atoms with Crippen LogP contribution in [-0.2, 0) is 17.8 Å². The molecule has 1 aromatic carbocycles. The largest absolute Gasteiger partial charge is 0.355 e. The van der Waals surface area contributed by atoms with Crippen molar-refractivity contribution in [2.45, 2.75) is 25.9 Å². The Morgan fingerprint density at radius 3 is 2.70 bits per heavy atom. The van der Waals surface area contributed by atoms with Crippen molar-refractivity contribution in [1.82, 2.24) is 15.2 Å². The number of aromatic nitrogens is 1. The van der Waals surface area contributed by atoms with Gasteiger partial charge in [-0.1, -0.05) is 24.3 Å². The Hall–Kier alpha value is -2.69. The van der Waals surface area contributed by atoms with Crippen molar-refractivity contribution in [3.8, 4) is 0 Å². The van der Waals surface area contributed by atoms with Crippen LogP contribution in [0.2, 0.25) is 0 Å². The number of hydrogen-bond acceptors (Lipinski definition) is 3. The molecule has 5 nitrogen and oxygen atoms in total. The number of nitrogens with one attached hydrogen (secondary N) is 1. The maximum atomic E-state index is 12.8. The van der Waals surface area contributed by atoms with E-state index in [0.29, 0.717) is 25.1 Å². The van der Waals surface area contributed by atoms with E-state index in [1.807, 2.05) is 31.2 Å². The molecule has 5 heteroatoms. The lowest BCUT2D eigenvalue weighted by atomic mass is 9.93. The minimum absolute atomic E-state index is 0.112. The molecule has 3 rings (SSSR count). The molecule has 0 aliphatic carbocycles. The van der Waals surface area contributed by atoms with E-state index in [0.717, 1.165) is 11.1 Å². The number of hydrogen-bond donors (Lipinski definition) is 1. The van der Waals surface area contributed by atoms with Crippen LogP contribution < -0.4 is 5.32 Å². The lowest BCUT2D eigenvalue weighted by Gasteiger charge is -2.36.